The fourth-order valence-electron chi connectivity index (χ4n) is 3.60. The SMILES string of the molecule is COCCOc1ccc(C(=O)N2CCC(c3cc4nccnc4[nH]3)CC2)cc1. The van der Waals surface area contributed by atoms with Crippen molar-refractivity contribution in [2.75, 3.05) is 33.4 Å². The predicted octanol–water partition coefficient (Wildman–Crippen LogP) is 3.00. The molecule has 28 heavy (non-hydrogen) atoms. The summed E-state index contributed by atoms with van der Waals surface area (Å²) in [5.74, 6) is 1.21. The third kappa shape index (κ3) is 3.99. The number of hydrogen-bond acceptors (Lipinski definition) is 5. The quantitative estimate of drug-likeness (QED) is 0.665. The number of hydrogen-bond donors (Lipinski definition) is 1. The number of aromatic amines is 1. The van der Waals surface area contributed by atoms with E-state index in [9.17, 15) is 4.79 Å². The lowest BCUT2D eigenvalue weighted by Crippen LogP contribution is -2.37. The van der Waals surface area contributed by atoms with Gasteiger partial charge in [-0.15, -0.1) is 0 Å². The van der Waals surface area contributed by atoms with E-state index in [0.29, 0.717) is 24.7 Å². The normalized spacial score (nSPS) is 15.1. The molecule has 7 nitrogen and oxygen atoms in total. The minimum absolute atomic E-state index is 0.0712. The average Bonchev–Trinajstić information content (AvgIpc) is 3.18. The molecule has 1 amide bonds. The minimum atomic E-state index is 0.0712. The summed E-state index contributed by atoms with van der Waals surface area (Å²) < 4.78 is 10.5. The maximum absolute atomic E-state index is 12.8. The van der Waals surface area contributed by atoms with E-state index in [2.05, 4.69) is 21.0 Å². The van der Waals surface area contributed by atoms with Gasteiger partial charge in [0.2, 0.25) is 0 Å². The van der Waals surface area contributed by atoms with Crippen LogP contribution in [0.15, 0.2) is 42.7 Å². The molecule has 0 saturated carbocycles. The van der Waals surface area contributed by atoms with Gasteiger partial charge in [0, 0.05) is 49.8 Å². The topological polar surface area (TPSA) is 80.3 Å². The van der Waals surface area contributed by atoms with Crippen molar-refractivity contribution in [3.05, 3.63) is 54.0 Å². The molecule has 0 unspecified atom stereocenters. The van der Waals surface area contributed by atoms with Gasteiger partial charge in [-0.1, -0.05) is 0 Å². The summed E-state index contributed by atoms with van der Waals surface area (Å²) in [7, 11) is 1.64. The van der Waals surface area contributed by atoms with Gasteiger partial charge in [0.1, 0.15) is 17.9 Å². The number of nitrogens with one attached hydrogen (secondary N) is 1. The van der Waals surface area contributed by atoms with Crippen molar-refractivity contribution in [1.29, 1.82) is 0 Å². The first-order chi connectivity index (χ1) is 13.7. The molecule has 3 aromatic rings. The number of ether oxygens (including phenoxy) is 2. The molecule has 0 atom stereocenters. The first kappa shape index (κ1) is 18.4. The highest BCUT2D eigenvalue weighted by molar-refractivity contribution is 5.94. The molecule has 0 aliphatic carbocycles. The molecule has 7 heteroatoms. The summed E-state index contributed by atoms with van der Waals surface area (Å²) in [4.78, 5) is 26.7. The van der Waals surface area contributed by atoms with E-state index in [4.69, 9.17) is 9.47 Å². The molecule has 0 bridgehead atoms. The maximum Gasteiger partial charge on any atom is 0.253 e. The molecule has 146 valence electrons. The van der Waals surface area contributed by atoms with Gasteiger partial charge in [0.15, 0.2) is 5.65 Å². The molecule has 4 rings (SSSR count). The van der Waals surface area contributed by atoms with Gasteiger partial charge in [0.25, 0.3) is 5.91 Å². The van der Waals surface area contributed by atoms with Crippen LogP contribution in [0.5, 0.6) is 5.75 Å². The molecule has 1 saturated heterocycles. The molecule has 1 fully saturated rings. The lowest BCUT2D eigenvalue weighted by atomic mass is 9.93. The van der Waals surface area contributed by atoms with Crippen molar-refractivity contribution in [1.82, 2.24) is 19.9 Å². The fourth-order valence-corrected chi connectivity index (χ4v) is 3.60. The molecule has 1 aliphatic heterocycles. The second-order valence-electron chi connectivity index (χ2n) is 6.95. The van der Waals surface area contributed by atoms with Gasteiger partial charge in [-0.05, 0) is 43.2 Å². The highest BCUT2D eigenvalue weighted by atomic mass is 16.5. The Balaban J connectivity index is 1.34. The van der Waals surface area contributed by atoms with E-state index in [0.717, 1.165) is 48.5 Å². The Labute approximate surface area is 163 Å². The summed E-state index contributed by atoms with van der Waals surface area (Å²) in [5, 5.41) is 0. The van der Waals surface area contributed by atoms with Crippen LogP contribution in [0.1, 0.15) is 34.8 Å². The van der Waals surface area contributed by atoms with E-state index in [-0.39, 0.29) is 5.91 Å². The molecule has 0 spiro atoms. The molecule has 2 aromatic heterocycles. The monoisotopic (exact) mass is 380 g/mol. The zero-order chi connectivity index (χ0) is 19.3. The second kappa shape index (κ2) is 8.39. The van der Waals surface area contributed by atoms with Gasteiger partial charge in [0.05, 0.1) is 6.61 Å². The third-order valence-corrected chi connectivity index (χ3v) is 5.16. The molecular formula is C21H24N4O3. The highest BCUT2D eigenvalue weighted by Gasteiger charge is 2.25. The fraction of sp³-hybridized carbons (Fsp3) is 0.381. The Bertz CT molecular complexity index is 897. The number of carbonyl (C=O) groups excluding carboxylic acids is 1. The molecule has 1 N–H and O–H groups in total. The number of amides is 1. The molecule has 0 radical (unpaired) electrons. The summed E-state index contributed by atoms with van der Waals surface area (Å²) in [6.07, 6.45) is 5.25. The lowest BCUT2D eigenvalue weighted by molar-refractivity contribution is 0.0712. The lowest BCUT2D eigenvalue weighted by Gasteiger charge is -2.31. The standard InChI is InChI=1S/C21H24N4O3/c1-27-12-13-28-17-4-2-16(3-5-17)21(26)25-10-6-15(7-11-25)18-14-19-20(24-18)23-9-8-22-19/h2-5,8-9,14-15H,6-7,10-13H2,1H3,(H,23,24). The second-order valence-corrected chi connectivity index (χ2v) is 6.95. The number of aromatic nitrogens is 3. The number of piperidine rings is 1. The molecular weight excluding hydrogens is 356 g/mol. The Morgan fingerprint density at radius 3 is 2.61 bits per heavy atom. The van der Waals surface area contributed by atoms with E-state index in [1.54, 1.807) is 19.5 Å². The van der Waals surface area contributed by atoms with E-state index >= 15 is 0 Å². The van der Waals surface area contributed by atoms with Crippen LogP contribution in [0.2, 0.25) is 0 Å². The van der Waals surface area contributed by atoms with E-state index < -0.39 is 0 Å². The van der Waals surface area contributed by atoms with E-state index in [1.807, 2.05) is 29.2 Å². The van der Waals surface area contributed by atoms with Crippen LogP contribution < -0.4 is 4.74 Å². The number of rotatable bonds is 6. The largest absolute Gasteiger partial charge is 0.491 e. The van der Waals surface area contributed by atoms with Crippen LogP contribution in [-0.4, -0.2) is 59.2 Å². The van der Waals surface area contributed by atoms with Crippen LogP contribution in [0.25, 0.3) is 11.2 Å². The molecule has 1 aliphatic rings. The maximum atomic E-state index is 12.8. The van der Waals surface area contributed by atoms with Crippen LogP contribution in [-0.2, 0) is 4.74 Å². The molecule has 1 aromatic carbocycles. The summed E-state index contributed by atoms with van der Waals surface area (Å²) in [6.45, 7) is 2.52. The van der Waals surface area contributed by atoms with Gasteiger partial charge < -0.3 is 19.4 Å². The smallest absolute Gasteiger partial charge is 0.253 e. The number of nitrogens with zero attached hydrogens (tertiary/aromatic N) is 3. The van der Waals surface area contributed by atoms with Gasteiger partial charge in [-0.2, -0.15) is 0 Å². The highest BCUT2D eigenvalue weighted by Crippen LogP contribution is 2.29. The average molecular weight is 380 g/mol. The van der Waals surface area contributed by atoms with Crippen LogP contribution in [0.3, 0.4) is 0 Å². The van der Waals surface area contributed by atoms with Crippen LogP contribution >= 0.6 is 0 Å². The van der Waals surface area contributed by atoms with Crippen LogP contribution in [0.4, 0.5) is 0 Å². The first-order valence-corrected chi connectivity index (χ1v) is 9.55. The van der Waals surface area contributed by atoms with Crippen molar-refractivity contribution in [3.8, 4) is 5.75 Å². The Hall–Kier alpha value is -2.93. The Kier molecular flexibility index (Phi) is 5.53. The van der Waals surface area contributed by atoms with Gasteiger partial charge in [-0.3, -0.25) is 9.78 Å². The van der Waals surface area contributed by atoms with Crippen molar-refractivity contribution >= 4 is 17.1 Å². The number of benzene rings is 1. The summed E-state index contributed by atoms with van der Waals surface area (Å²) in [5.41, 5.74) is 3.56. The van der Waals surface area contributed by atoms with Gasteiger partial charge in [-0.25, -0.2) is 4.98 Å². The van der Waals surface area contributed by atoms with Crippen molar-refractivity contribution in [2.24, 2.45) is 0 Å². The summed E-state index contributed by atoms with van der Waals surface area (Å²) >= 11 is 0. The van der Waals surface area contributed by atoms with Crippen molar-refractivity contribution < 1.29 is 14.3 Å². The molecule has 3 heterocycles. The number of H-pyrrole nitrogens is 1. The predicted molar refractivity (Wildman–Crippen MR) is 106 cm³/mol. The minimum Gasteiger partial charge on any atom is -0.491 e. The van der Waals surface area contributed by atoms with Gasteiger partial charge >= 0.3 is 0 Å². The Morgan fingerprint density at radius 1 is 1.14 bits per heavy atom. The van der Waals surface area contributed by atoms with E-state index in [1.165, 1.54) is 0 Å². The third-order valence-electron chi connectivity index (χ3n) is 5.16. The number of methoxy groups -OCH3 is 1. The van der Waals surface area contributed by atoms with Crippen LogP contribution in [0, 0.1) is 0 Å². The van der Waals surface area contributed by atoms with Crippen molar-refractivity contribution in [2.45, 2.75) is 18.8 Å². The number of carbonyl (C=O) groups is 1. The zero-order valence-corrected chi connectivity index (χ0v) is 15.9. The number of likely N-dealkylation sites (tertiary alicyclic amines) is 1. The van der Waals surface area contributed by atoms with Crippen molar-refractivity contribution in [3.63, 3.8) is 0 Å². The number of fused-ring (bicyclic) bond motifs is 1. The summed E-state index contributed by atoms with van der Waals surface area (Å²) in [6, 6.07) is 9.39. The zero-order valence-electron chi connectivity index (χ0n) is 15.9. The first-order valence-electron chi connectivity index (χ1n) is 9.55. The Morgan fingerprint density at radius 2 is 1.89 bits per heavy atom.